The summed E-state index contributed by atoms with van der Waals surface area (Å²) in [5.41, 5.74) is 0.884. The molecule has 18 heavy (non-hydrogen) atoms. The summed E-state index contributed by atoms with van der Waals surface area (Å²) in [4.78, 5) is 11.1. The molecule has 94 valence electrons. The van der Waals surface area contributed by atoms with Crippen LogP contribution in [0.5, 0.6) is 11.5 Å². The normalized spacial score (nSPS) is 10.1. The molecule has 0 radical (unpaired) electrons. The topological polar surface area (TPSA) is 68.9 Å². The van der Waals surface area contributed by atoms with Crippen molar-refractivity contribution in [1.82, 2.24) is 0 Å². The predicted octanol–water partition coefficient (Wildman–Crippen LogP) is 2.57. The van der Waals surface area contributed by atoms with E-state index in [4.69, 9.17) is 19.0 Å². The van der Waals surface area contributed by atoms with Crippen molar-refractivity contribution in [3.63, 3.8) is 0 Å². The van der Waals surface area contributed by atoms with Gasteiger partial charge in [-0.1, -0.05) is 6.07 Å². The second-order valence-electron chi connectivity index (χ2n) is 3.56. The van der Waals surface area contributed by atoms with Crippen LogP contribution in [0.4, 0.5) is 0 Å². The van der Waals surface area contributed by atoms with E-state index in [1.54, 1.807) is 18.2 Å². The molecule has 0 saturated heterocycles. The van der Waals surface area contributed by atoms with E-state index >= 15 is 0 Å². The van der Waals surface area contributed by atoms with E-state index < -0.39 is 5.97 Å². The van der Waals surface area contributed by atoms with E-state index in [2.05, 4.69) is 0 Å². The summed E-state index contributed by atoms with van der Waals surface area (Å²) in [6.45, 7) is 0.219. The van der Waals surface area contributed by atoms with Gasteiger partial charge in [0.15, 0.2) is 11.5 Å². The molecule has 2 aromatic rings. The van der Waals surface area contributed by atoms with E-state index in [-0.39, 0.29) is 17.9 Å². The van der Waals surface area contributed by atoms with E-state index in [0.717, 1.165) is 5.56 Å². The second-order valence-corrected chi connectivity index (χ2v) is 3.56. The summed E-state index contributed by atoms with van der Waals surface area (Å²) in [6, 6.07) is 6.47. The number of carboxylic acids is 1. The maximum absolute atomic E-state index is 11.1. The molecule has 0 saturated carbocycles. The molecule has 0 atom stereocenters. The Morgan fingerprint density at radius 2 is 2.22 bits per heavy atom. The maximum atomic E-state index is 11.1. The van der Waals surface area contributed by atoms with Crippen molar-refractivity contribution in [2.45, 2.75) is 6.61 Å². The molecule has 0 spiro atoms. The zero-order valence-corrected chi connectivity index (χ0v) is 9.75. The molecule has 2 rings (SSSR count). The third-order valence-electron chi connectivity index (χ3n) is 2.39. The number of furan rings is 1. The van der Waals surface area contributed by atoms with Gasteiger partial charge in [-0.15, -0.1) is 0 Å². The first-order valence-electron chi connectivity index (χ1n) is 5.26. The summed E-state index contributed by atoms with van der Waals surface area (Å²) >= 11 is 0. The van der Waals surface area contributed by atoms with Crippen LogP contribution in [0.3, 0.4) is 0 Å². The number of rotatable bonds is 5. The smallest absolute Gasteiger partial charge is 0.339 e. The Morgan fingerprint density at radius 3 is 2.83 bits per heavy atom. The van der Waals surface area contributed by atoms with Gasteiger partial charge >= 0.3 is 5.97 Å². The zero-order valence-electron chi connectivity index (χ0n) is 9.75. The standard InChI is InChI=1S/C13H12O5/c1-16-11-4-2-3-10(13(14)15)12(11)18-8-9-5-6-17-7-9/h2-7H,8H2,1H3,(H,14,15). The summed E-state index contributed by atoms with van der Waals surface area (Å²) in [7, 11) is 1.46. The lowest BCUT2D eigenvalue weighted by Gasteiger charge is -2.12. The van der Waals surface area contributed by atoms with Crippen molar-refractivity contribution in [2.24, 2.45) is 0 Å². The van der Waals surface area contributed by atoms with Gasteiger partial charge in [0.25, 0.3) is 0 Å². The van der Waals surface area contributed by atoms with E-state index in [0.29, 0.717) is 5.75 Å². The highest BCUT2D eigenvalue weighted by Gasteiger charge is 2.16. The fraction of sp³-hybridized carbons (Fsp3) is 0.154. The number of carboxylic acid groups (broad SMARTS) is 1. The van der Waals surface area contributed by atoms with Crippen LogP contribution in [-0.2, 0) is 6.61 Å². The number of methoxy groups -OCH3 is 1. The fourth-order valence-corrected chi connectivity index (χ4v) is 1.52. The highest BCUT2D eigenvalue weighted by Crippen LogP contribution is 2.31. The third-order valence-corrected chi connectivity index (χ3v) is 2.39. The Hall–Kier alpha value is -2.43. The van der Waals surface area contributed by atoms with Gasteiger partial charge in [-0.25, -0.2) is 4.79 Å². The van der Waals surface area contributed by atoms with Crippen LogP contribution in [0.2, 0.25) is 0 Å². The van der Waals surface area contributed by atoms with Crippen molar-refractivity contribution in [3.8, 4) is 11.5 Å². The van der Waals surface area contributed by atoms with Gasteiger partial charge in [0.1, 0.15) is 12.2 Å². The molecule has 0 aliphatic rings. The first kappa shape index (κ1) is 12.0. The number of carbonyl (C=O) groups is 1. The van der Waals surface area contributed by atoms with Crippen LogP contribution in [0.15, 0.2) is 41.2 Å². The number of hydrogen-bond acceptors (Lipinski definition) is 4. The first-order valence-corrected chi connectivity index (χ1v) is 5.26. The molecule has 1 heterocycles. The number of ether oxygens (including phenoxy) is 2. The minimum Gasteiger partial charge on any atom is -0.493 e. The molecular weight excluding hydrogens is 236 g/mol. The van der Waals surface area contributed by atoms with Crippen molar-refractivity contribution in [3.05, 3.63) is 47.9 Å². The van der Waals surface area contributed by atoms with Crippen molar-refractivity contribution < 1.29 is 23.8 Å². The van der Waals surface area contributed by atoms with Gasteiger partial charge in [0, 0.05) is 5.56 Å². The highest BCUT2D eigenvalue weighted by atomic mass is 16.5. The van der Waals surface area contributed by atoms with Gasteiger partial charge < -0.3 is 19.0 Å². The summed E-state index contributed by atoms with van der Waals surface area (Å²) < 4.78 is 15.5. The van der Waals surface area contributed by atoms with Crippen LogP contribution in [-0.4, -0.2) is 18.2 Å². The molecular formula is C13H12O5. The van der Waals surface area contributed by atoms with Crippen molar-refractivity contribution >= 4 is 5.97 Å². The molecule has 5 heteroatoms. The van der Waals surface area contributed by atoms with Crippen LogP contribution >= 0.6 is 0 Å². The summed E-state index contributed by atoms with van der Waals surface area (Å²) in [5.74, 6) is -0.455. The van der Waals surface area contributed by atoms with Crippen LogP contribution < -0.4 is 9.47 Å². The minimum absolute atomic E-state index is 0.0674. The molecule has 1 aromatic carbocycles. The van der Waals surface area contributed by atoms with Gasteiger partial charge in [-0.3, -0.25) is 0 Å². The monoisotopic (exact) mass is 248 g/mol. The highest BCUT2D eigenvalue weighted by molar-refractivity contribution is 5.92. The van der Waals surface area contributed by atoms with Gasteiger partial charge in [-0.05, 0) is 18.2 Å². The average molecular weight is 248 g/mol. The molecule has 5 nitrogen and oxygen atoms in total. The van der Waals surface area contributed by atoms with Gasteiger partial charge in [-0.2, -0.15) is 0 Å². The third kappa shape index (κ3) is 2.45. The van der Waals surface area contributed by atoms with Gasteiger partial charge in [0.05, 0.1) is 19.6 Å². The SMILES string of the molecule is COc1cccc(C(=O)O)c1OCc1ccoc1. The number of hydrogen-bond donors (Lipinski definition) is 1. The lowest BCUT2D eigenvalue weighted by Crippen LogP contribution is -2.04. The predicted molar refractivity (Wildman–Crippen MR) is 63.0 cm³/mol. The second kappa shape index (κ2) is 5.27. The number of para-hydroxylation sites is 1. The Bertz CT molecular complexity index is 530. The molecule has 1 N–H and O–H groups in total. The molecule has 0 unspecified atom stereocenters. The van der Waals surface area contributed by atoms with E-state index in [1.807, 2.05) is 0 Å². The average Bonchev–Trinajstić information content (AvgIpc) is 2.88. The summed E-state index contributed by atoms with van der Waals surface area (Å²) in [5, 5.41) is 9.09. The Balaban J connectivity index is 2.26. The molecule has 0 bridgehead atoms. The molecule has 0 aliphatic heterocycles. The summed E-state index contributed by atoms with van der Waals surface area (Å²) in [6.07, 6.45) is 3.06. The van der Waals surface area contributed by atoms with Crippen molar-refractivity contribution in [1.29, 1.82) is 0 Å². The van der Waals surface area contributed by atoms with E-state index in [1.165, 1.54) is 25.7 Å². The lowest BCUT2D eigenvalue weighted by atomic mass is 10.2. The maximum Gasteiger partial charge on any atom is 0.339 e. The lowest BCUT2D eigenvalue weighted by molar-refractivity contribution is 0.0691. The van der Waals surface area contributed by atoms with Crippen LogP contribution in [0, 0.1) is 0 Å². The number of benzene rings is 1. The quantitative estimate of drug-likeness (QED) is 0.880. The molecule has 1 aromatic heterocycles. The van der Waals surface area contributed by atoms with Crippen molar-refractivity contribution in [2.75, 3.05) is 7.11 Å². The van der Waals surface area contributed by atoms with E-state index in [9.17, 15) is 4.79 Å². The molecule has 0 amide bonds. The Morgan fingerprint density at radius 1 is 1.39 bits per heavy atom. The molecule has 0 aliphatic carbocycles. The van der Waals surface area contributed by atoms with Crippen LogP contribution in [0.25, 0.3) is 0 Å². The Labute approximate surface area is 104 Å². The first-order chi connectivity index (χ1) is 8.72. The van der Waals surface area contributed by atoms with Gasteiger partial charge in [0.2, 0.25) is 0 Å². The fourth-order valence-electron chi connectivity index (χ4n) is 1.52. The minimum atomic E-state index is -1.06. The Kier molecular flexibility index (Phi) is 3.52. The molecule has 0 fully saturated rings. The number of aromatic carboxylic acids is 1. The zero-order chi connectivity index (χ0) is 13.0. The largest absolute Gasteiger partial charge is 0.493 e. The van der Waals surface area contributed by atoms with Crippen LogP contribution in [0.1, 0.15) is 15.9 Å².